The molecule has 3 N–H and O–H groups in total. The quantitative estimate of drug-likeness (QED) is 0.469. The maximum atomic E-state index is 12.8. The fourth-order valence-corrected chi connectivity index (χ4v) is 4.09. The maximum absolute atomic E-state index is 12.8. The van der Waals surface area contributed by atoms with Gasteiger partial charge in [-0.25, -0.2) is 23.5 Å². The molecule has 0 saturated heterocycles. The summed E-state index contributed by atoms with van der Waals surface area (Å²) in [5, 5.41) is 8.03. The fourth-order valence-electron chi connectivity index (χ4n) is 3.57. The molecule has 0 fully saturated rings. The Bertz CT molecular complexity index is 1410. The van der Waals surface area contributed by atoms with Gasteiger partial charge < -0.3 is 5.32 Å². The van der Waals surface area contributed by atoms with Crippen LogP contribution in [0.25, 0.3) is 16.9 Å². The Kier molecular flexibility index (Phi) is 5.77. The van der Waals surface area contributed by atoms with E-state index >= 15 is 0 Å². The highest BCUT2D eigenvalue weighted by atomic mass is 32.2. The van der Waals surface area contributed by atoms with Crippen LogP contribution in [0.2, 0.25) is 0 Å². The van der Waals surface area contributed by atoms with Crippen molar-refractivity contribution in [1.82, 2.24) is 19.9 Å². The number of hydrogen-bond acceptors (Lipinski definition) is 5. The Hall–Kier alpha value is -3.56. The summed E-state index contributed by atoms with van der Waals surface area (Å²) < 4.78 is 24.6. The van der Waals surface area contributed by atoms with Crippen molar-refractivity contribution in [3.05, 3.63) is 83.3 Å². The van der Waals surface area contributed by atoms with E-state index in [-0.39, 0.29) is 10.8 Å². The molecule has 0 aliphatic rings. The van der Waals surface area contributed by atoms with E-state index in [2.05, 4.69) is 15.3 Å². The molecular weight excluding hydrogens is 426 g/mol. The minimum atomic E-state index is -3.71. The van der Waals surface area contributed by atoms with Crippen molar-refractivity contribution in [3.8, 4) is 5.69 Å². The van der Waals surface area contributed by atoms with Gasteiger partial charge >= 0.3 is 0 Å². The first kappa shape index (κ1) is 21.7. The molecule has 4 aromatic rings. The number of carbonyl (C=O) groups excluding carboxylic acids is 1. The molecule has 0 saturated carbocycles. The molecule has 2 heterocycles. The highest BCUT2D eigenvalue weighted by Crippen LogP contribution is 2.23. The summed E-state index contributed by atoms with van der Waals surface area (Å²) in [7, 11) is -3.71. The van der Waals surface area contributed by atoms with Crippen LogP contribution < -0.4 is 10.5 Å². The molecule has 1 amide bonds. The molecule has 0 atom stereocenters. The van der Waals surface area contributed by atoms with Crippen LogP contribution in [-0.4, -0.2) is 35.4 Å². The van der Waals surface area contributed by atoms with E-state index in [0.717, 1.165) is 33.8 Å². The van der Waals surface area contributed by atoms with Gasteiger partial charge in [0.2, 0.25) is 10.0 Å². The van der Waals surface area contributed by atoms with E-state index < -0.39 is 10.0 Å². The zero-order chi connectivity index (χ0) is 22.9. The largest absolute Gasteiger partial charge is 0.352 e. The van der Waals surface area contributed by atoms with E-state index in [0.29, 0.717) is 18.5 Å². The van der Waals surface area contributed by atoms with Gasteiger partial charge in [0.25, 0.3) is 5.91 Å². The summed E-state index contributed by atoms with van der Waals surface area (Å²) in [6, 6.07) is 15.6. The second-order valence-corrected chi connectivity index (χ2v) is 9.10. The zero-order valence-corrected chi connectivity index (χ0v) is 18.6. The molecule has 0 unspecified atom stereocenters. The molecule has 2 aromatic heterocycles. The molecule has 164 valence electrons. The lowest BCUT2D eigenvalue weighted by molar-refractivity contribution is 0.0954. The third-order valence-corrected chi connectivity index (χ3v) is 6.18. The van der Waals surface area contributed by atoms with Crippen molar-refractivity contribution in [2.24, 2.45) is 5.14 Å². The Labute approximate surface area is 186 Å². The van der Waals surface area contributed by atoms with Gasteiger partial charge in [-0.05, 0) is 67.8 Å². The van der Waals surface area contributed by atoms with E-state index in [4.69, 9.17) is 5.14 Å². The van der Waals surface area contributed by atoms with Crippen LogP contribution in [0.4, 0.5) is 0 Å². The number of primary sulfonamides is 1. The summed E-state index contributed by atoms with van der Waals surface area (Å²) in [5.41, 5.74) is 4.84. The van der Waals surface area contributed by atoms with Crippen molar-refractivity contribution in [3.63, 3.8) is 0 Å². The number of rotatable bonds is 6. The number of amides is 1. The number of fused-ring (bicyclic) bond motifs is 1. The molecule has 0 aliphatic heterocycles. The number of sulfonamides is 1. The van der Waals surface area contributed by atoms with Gasteiger partial charge in [-0.15, -0.1) is 0 Å². The lowest BCUT2D eigenvalue weighted by atomic mass is 10.1. The predicted molar refractivity (Wildman–Crippen MR) is 122 cm³/mol. The lowest BCUT2D eigenvalue weighted by Gasteiger charge is -2.12. The van der Waals surface area contributed by atoms with E-state index in [9.17, 15) is 13.2 Å². The smallest absolute Gasteiger partial charge is 0.251 e. The molecule has 2 aromatic carbocycles. The maximum Gasteiger partial charge on any atom is 0.251 e. The van der Waals surface area contributed by atoms with Crippen LogP contribution in [0.5, 0.6) is 0 Å². The summed E-state index contributed by atoms with van der Waals surface area (Å²) in [5.74, 6) is 0.602. The van der Waals surface area contributed by atoms with E-state index in [1.54, 1.807) is 24.4 Å². The number of nitrogens with two attached hydrogens (primary N) is 1. The Morgan fingerprint density at radius 2 is 1.84 bits per heavy atom. The molecule has 9 heteroatoms. The monoisotopic (exact) mass is 449 g/mol. The van der Waals surface area contributed by atoms with Gasteiger partial charge in [0.1, 0.15) is 11.3 Å². The van der Waals surface area contributed by atoms with E-state index in [1.807, 2.05) is 42.7 Å². The third kappa shape index (κ3) is 4.39. The van der Waals surface area contributed by atoms with Gasteiger partial charge in [-0.3, -0.25) is 9.36 Å². The minimum Gasteiger partial charge on any atom is -0.352 e. The normalized spacial score (nSPS) is 11.6. The molecule has 32 heavy (non-hydrogen) atoms. The highest BCUT2D eigenvalue weighted by Gasteiger charge is 2.15. The van der Waals surface area contributed by atoms with Crippen molar-refractivity contribution in [2.45, 2.75) is 25.2 Å². The number of pyridine rings is 1. The standard InChI is InChI=1S/C23H23N5O3S/c1-15-5-8-18(14-21(15)28-16(2)27-20-4-3-12-25-22(20)28)23(29)26-13-11-17-6-9-19(10-7-17)32(24,30)31/h3-10,12,14H,11,13H2,1-2H3,(H,26,29)(H2,24,30,31). The number of carbonyl (C=O) groups is 1. The minimum absolute atomic E-state index is 0.0641. The topological polar surface area (TPSA) is 120 Å². The Balaban J connectivity index is 1.50. The first-order valence-electron chi connectivity index (χ1n) is 10.0. The second-order valence-electron chi connectivity index (χ2n) is 7.54. The van der Waals surface area contributed by atoms with Gasteiger partial charge in [-0.2, -0.15) is 0 Å². The van der Waals surface area contributed by atoms with Crippen LogP contribution in [0.3, 0.4) is 0 Å². The van der Waals surface area contributed by atoms with Crippen LogP contribution in [0.1, 0.15) is 27.3 Å². The molecule has 0 aliphatic carbocycles. The number of hydrogen-bond donors (Lipinski definition) is 2. The fraction of sp³-hybridized carbons (Fsp3) is 0.174. The number of aromatic nitrogens is 3. The first-order chi connectivity index (χ1) is 15.2. The predicted octanol–water partition coefficient (Wildman–Crippen LogP) is 2.66. The second kappa shape index (κ2) is 8.52. The van der Waals surface area contributed by atoms with Crippen LogP contribution in [0, 0.1) is 13.8 Å². The van der Waals surface area contributed by atoms with Gasteiger partial charge in [-0.1, -0.05) is 18.2 Å². The average Bonchev–Trinajstić information content (AvgIpc) is 3.09. The van der Waals surface area contributed by atoms with Crippen LogP contribution in [0.15, 0.2) is 65.7 Å². The number of nitrogens with zero attached hydrogens (tertiary/aromatic N) is 3. The van der Waals surface area contributed by atoms with Crippen molar-refractivity contribution in [1.29, 1.82) is 0 Å². The van der Waals surface area contributed by atoms with Gasteiger partial charge in [0, 0.05) is 18.3 Å². The number of imidazole rings is 1. The third-order valence-electron chi connectivity index (χ3n) is 5.25. The number of aryl methyl sites for hydroxylation is 2. The SMILES string of the molecule is Cc1ccc(C(=O)NCCc2ccc(S(N)(=O)=O)cc2)cc1-n1c(C)nc2cccnc21. The number of benzene rings is 2. The van der Waals surface area contributed by atoms with E-state index in [1.165, 1.54) is 12.1 Å². The lowest BCUT2D eigenvalue weighted by Crippen LogP contribution is -2.26. The summed E-state index contributed by atoms with van der Waals surface area (Å²) in [6.07, 6.45) is 2.28. The summed E-state index contributed by atoms with van der Waals surface area (Å²) in [4.78, 5) is 21.8. The van der Waals surface area contributed by atoms with Crippen molar-refractivity contribution in [2.75, 3.05) is 6.54 Å². The van der Waals surface area contributed by atoms with Gasteiger partial charge in [0.05, 0.1) is 10.6 Å². The molecule has 0 spiro atoms. The van der Waals surface area contributed by atoms with Crippen LogP contribution >= 0.6 is 0 Å². The summed E-state index contributed by atoms with van der Waals surface area (Å²) >= 11 is 0. The molecule has 0 radical (unpaired) electrons. The van der Waals surface area contributed by atoms with Crippen molar-refractivity contribution < 1.29 is 13.2 Å². The van der Waals surface area contributed by atoms with Crippen LogP contribution in [-0.2, 0) is 16.4 Å². The summed E-state index contributed by atoms with van der Waals surface area (Å²) in [6.45, 7) is 4.30. The van der Waals surface area contributed by atoms with Crippen molar-refractivity contribution >= 4 is 27.1 Å². The first-order valence-corrected chi connectivity index (χ1v) is 11.6. The zero-order valence-electron chi connectivity index (χ0n) is 17.7. The molecular formula is C23H23N5O3S. The number of nitrogens with one attached hydrogen (secondary N) is 1. The Morgan fingerprint density at radius 1 is 1.09 bits per heavy atom. The molecule has 0 bridgehead atoms. The molecule has 4 rings (SSSR count). The Morgan fingerprint density at radius 3 is 2.56 bits per heavy atom. The molecule has 8 nitrogen and oxygen atoms in total. The van der Waals surface area contributed by atoms with Gasteiger partial charge in [0.15, 0.2) is 5.65 Å². The highest BCUT2D eigenvalue weighted by molar-refractivity contribution is 7.89. The average molecular weight is 450 g/mol.